The summed E-state index contributed by atoms with van der Waals surface area (Å²) in [5, 5.41) is 8.87. The summed E-state index contributed by atoms with van der Waals surface area (Å²) in [6.45, 7) is 1.91. The smallest absolute Gasteiger partial charge is 0.286 e. The van der Waals surface area contributed by atoms with Gasteiger partial charge in [-0.1, -0.05) is 35.9 Å². The summed E-state index contributed by atoms with van der Waals surface area (Å²) in [7, 11) is -1.97. The standard InChI is InChI=1S/C16H14N4O2S/c1-11-7-9-12(10-8-11)23(21,22)20-16-15(17-18-20)13-5-3-4-6-14(13)19(16)2/h3-10H,1-2H3. The highest BCUT2D eigenvalue weighted by Crippen LogP contribution is 2.28. The van der Waals surface area contributed by atoms with Crippen LogP contribution >= 0.6 is 0 Å². The summed E-state index contributed by atoms with van der Waals surface area (Å²) in [5.41, 5.74) is 2.96. The third-order valence-corrected chi connectivity index (χ3v) is 5.57. The minimum absolute atomic E-state index is 0.195. The predicted molar refractivity (Wildman–Crippen MR) is 87.8 cm³/mol. The second-order valence-electron chi connectivity index (χ2n) is 5.50. The first-order chi connectivity index (χ1) is 11.0. The fourth-order valence-electron chi connectivity index (χ4n) is 2.78. The van der Waals surface area contributed by atoms with E-state index in [2.05, 4.69) is 10.3 Å². The minimum atomic E-state index is -3.79. The number of nitrogens with zero attached hydrogens (tertiary/aromatic N) is 4. The Bertz CT molecular complexity index is 1140. The maximum absolute atomic E-state index is 12.9. The lowest BCUT2D eigenvalue weighted by atomic mass is 10.2. The zero-order valence-electron chi connectivity index (χ0n) is 12.6. The lowest BCUT2D eigenvalue weighted by molar-refractivity contribution is 0.578. The number of benzene rings is 2. The Labute approximate surface area is 133 Å². The normalized spacial score (nSPS) is 12.3. The van der Waals surface area contributed by atoms with E-state index >= 15 is 0 Å². The molecule has 0 amide bonds. The molecule has 0 radical (unpaired) electrons. The molecule has 4 aromatic rings. The summed E-state index contributed by atoms with van der Waals surface area (Å²) < 4.78 is 28.6. The minimum Gasteiger partial charge on any atom is -0.326 e. The first-order valence-electron chi connectivity index (χ1n) is 7.11. The molecule has 2 heterocycles. The molecule has 0 atom stereocenters. The third-order valence-electron chi connectivity index (χ3n) is 4.00. The fourth-order valence-corrected chi connectivity index (χ4v) is 4.03. The van der Waals surface area contributed by atoms with Gasteiger partial charge in [-0.15, -0.1) is 9.19 Å². The number of aryl methyl sites for hydroxylation is 2. The van der Waals surface area contributed by atoms with Crippen LogP contribution in [-0.2, 0) is 17.1 Å². The van der Waals surface area contributed by atoms with Crippen molar-refractivity contribution in [2.75, 3.05) is 0 Å². The zero-order chi connectivity index (χ0) is 16.2. The van der Waals surface area contributed by atoms with Crippen LogP contribution in [0.25, 0.3) is 22.1 Å². The molecule has 0 N–H and O–H groups in total. The second-order valence-corrected chi connectivity index (χ2v) is 7.27. The van der Waals surface area contributed by atoms with Gasteiger partial charge in [0.1, 0.15) is 5.52 Å². The number of hydrogen-bond acceptors (Lipinski definition) is 4. The van der Waals surface area contributed by atoms with Crippen molar-refractivity contribution in [1.29, 1.82) is 0 Å². The molecular weight excluding hydrogens is 312 g/mol. The van der Waals surface area contributed by atoms with Gasteiger partial charge in [-0.3, -0.25) is 0 Å². The summed E-state index contributed by atoms with van der Waals surface area (Å²) >= 11 is 0. The van der Waals surface area contributed by atoms with Crippen LogP contribution < -0.4 is 0 Å². The zero-order valence-corrected chi connectivity index (χ0v) is 13.4. The molecule has 6 nitrogen and oxygen atoms in total. The van der Waals surface area contributed by atoms with Gasteiger partial charge in [0.2, 0.25) is 0 Å². The lowest BCUT2D eigenvalue weighted by Crippen LogP contribution is -2.16. The molecule has 0 fully saturated rings. The molecule has 7 heteroatoms. The van der Waals surface area contributed by atoms with E-state index in [0.717, 1.165) is 20.6 Å². The van der Waals surface area contributed by atoms with Crippen molar-refractivity contribution in [3.8, 4) is 0 Å². The molecule has 0 aliphatic carbocycles. The van der Waals surface area contributed by atoms with Gasteiger partial charge in [0.15, 0.2) is 5.65 Å². The first kappa shape index (κ1) is 14.0. The predicted octanol–water partition coefficient (Wildman–Crippen LogP) is 2.47. The van der Waals surface area contributed by atoms with Gasteiger partial charge in [-0.2, -0.15) is 8.42 Å². The van der Waals surface area contributed by atoms with Crippen LogP contribution in [-0.4, -0.2) is 27.4 Å². The SMILES string of the molecule is Cc1ccc(S(=O)(=O)n2nnc3c4ccccc4n(C)c32)cc1. The van der Waals surface area contributed by atoms with Gasteiger partial charge in [0.25, 0.3) is 10.0 Å². The molecule has 4 rings (SSSR count). The van der Waals surface area contributed by atoms with E-state index in [9.17, 15) is 8.42 Å². The first-order valence-corrected chi connectivity index (χ1v) is 8.55. The van der Waals surface area contributed by atoms with Crippen molar-refractivity contribution in [3.05, 3.63) is 54.1 Å². The Morgan fingerprint density at radius 2 is 1.70 bits per heavy atom. The average Bonchev–Trinajstić information content (AvgIpc) is 3.09. The van der Waals surface area contributed by atoms with E-state index in [-0.39, 0.29) is 4.90 Å². The number of fused-ring (bicyclic) bond motifs is 3. The fraction of sp³-hybridized carbons (Fsp3) is 0.125. The van der Waals surface area contributed by atoms with Crippen molar-refractivity contribution in [3.63, 3.8) is 0 Å². The summed E-state index contributed by atoms with van der Waals surface area (Å²) in [4.78, 5) is 0.195. The van der Waals surface area contributed by atoms with Crippen LogP contribution in [0.15, 0.2) is 53.4 Å². The van der Waals surface area contributed by atoms with Crippen LogP contribution in [0.1, 0.15) is 5.56 Å². The number of para-hydroxylation sites is 1. The molecule has 0 aliphatic heterocycles. The Balaban J connectivity index is 2.04. The Kier molecular flexibility index (Phi) is 2.83. The summed E-state index contributed by atoms with van der Waals surface area (Å²) in [5.74, 6) is 0. The highest BCUT2D eigenvalue weighted by Gasteiger charge is 2.25. The number of aromatic nitrogens is 4. The molecule has 0 spiro atoms. The van der Waals surface area contributed by atoms with Crippen LogP contribution in [0.3, 0.4) is 0 Å². The van der Waals surface area contributed by atoms with Gasteiger partial charge in [0.05, 0.1) is 10.4 Å². The lowest BCUT2D eigenvalue weighted by Gasteiger charge is -2.06. The van der Waals surface area contributed by atoms with Crippen molar-refractivity contribution in [2.45, 2.75) is 11.8 Å². The largest absolute Gasteiger partial charge is 0.326 e. The topological polar surface area (TPSA) is 69.8 Å². The molecule has 116 valence electrons. The number of rotatable bonds is 2. The monoisotopic (exact) mass is 326 g/mol. The van der Waals surface area contributed by atoms with E-state index in [0.29, 0.717) is 11.2 Å². The molecule has 0 saturated heterocycles. The van der Waals surface area contributed by atoms with Crippen molar-refractivity contribution in [1.82, 2.24) is 19.0 Å². The van der Waals surface area contributed by atoms with E-state index in [1.165, 1.54) is 0 Å². The quantitative estimate of drug-likeness (QED) is 0.567. The molecule has 0 bridgehead atoms. The van der Waals surface area contributed by atoms with Crippen molar-refractivity contribution >= 4 is 32.1 Å². The van der Waals surface area contributed by atoms with E-state index in [1.54, 1.807) is 28.8 Å². The van der Waals surface area contributed by atoms with Crippen molar-refractivity contribution in [2.24, 2.45) is 7.05 Å². The van der Waals surface area contributed by atoms with Crippen LogP contribution in [0.5, 0.6) is 0 Å². The molecule has 2 aromatic heterocycles. The van der Waals surface area contributed by atoms with Crippen LogP contribution in [0, 0.1) is 6.92 Å². The highest BCUT2D eigenvalue weighted by atomic mass is 32.2. The van der Waals surface area contributed by atoms with E-state index in [1.807, 2.05) is 38.2 Å². The molecule has 0 aliphatic rings. The Hall–Kier alpha value is -2.67. The van der Waals surface area contributed by atoms with E-state index < -0.39 is 10.0 Å². The summed E-state index contributed by atoms with van der Waals surface area (Å²) in [6.07, 6.45) is 0. The van der Waals surface area contributed by atoms with Gasteiger partial charge < -0.3 is 4.57 Å². The second kappa shape index (κ2) is 4.66. The van der Waals surface area contributed by atoms with Crippen LogP contribution in [0.2, 0.25) is 0 Å². The maximum atomic E-state index is 12.9. The van der Waals surface area contributed by atoms with Gasteiger partial charge in [0, 0.05) is 12.4 Å². The molecule has 2 aromatic carbocycles. The van der Waals surface area contributed by atoms with Crippen molar-refractivity contribution < 1.29 is 8.42 Å². The third kappa shape index (κ3) is 1.90. The van der Waals surface area contributed by atoms with Gasteiger partial charge in [-0.05, 0) is 30.3 Å². The Morgan fingerprint density at radius 3 is 2.43 bits per heavy atom. The molecule has 23 heavy (non-hydrogen) atoms. The molecule has 0 saturated carbocycles. The van der Waals surface area contributed by atoms with E-state index in [4.69, 9.17) is 0 Å². The maximum Gasteiger partial charge on any atom is 0.286 e. The van der Waals surface area contributed by atoms with Gasteiger partial charge in [-0.25, -0.2) is 0 Å². The molecular formula is C16H14N4O2S. The Morgan fingerprint density at radius 1 is 1.00 bits per heavy atom. The number of hydrogen-bond donors (Lipinski definition) is 0. The average molecular weight is 326 g/mol. The highest BCUT2D eigenvalue weighted by molar-refractivity contribution is 7.90. The van der Waals surface area contributed by atoms with Crippen LogP contribution in [0.4, 0.5) is 0 Å². The van der Waals surface area contributed by atoms with Gasteiger partial charge >= 0.3 is 0 Å². The summed E-state index contributed by atoms with van der Waals surface area (Å²) in [6, 6.07) is 14.4. The molecule has 0 unspecified atom stereocenters.